The third-order valence-electron chi connectivity index (χ3n) is 12.6. The van der Waals surface area contributed by atoms with Gasteiger partial charge in [-0.1, -0.05) is 244 Å². The van der Waals surface area contributed by atoms with Crippen molar-refractivity contribution >= 4 is 17.9 Å². The van der Waals surface area contributed by atoms with Gasteiger partial charge in [-0.3, -0.25) is 14.4 Å². The summed E-state index contributed by atoms with van der Waals surface area (Å²) in [6, 6.07) is 0. The van der Waals surface area contributed by atoms with E-state index in [9.17, 15) is 14.4 Å². The van der Waals surface area contributed by atoms with Crippen molar-refractivity contribution in [2.24, 2.45) is 0 Å². The first kappa shape index (κ1) is 71.3. The molecule has 0 spiro atoms. The van der Waals surface area contributed by atoms with E-state index >= 15 is 0 Å². The maximum Gasteiger partial charge on any atom is 0.306 e. The molecular weight excluding hydrogens is 937 g/mol. The molecule has 6 nitrogen and oxygen atoms in total. The molecule has 0 aromatic carbocycles. The van der Waals surface area contributed by atoms with Crippen LogP contribution in [0.1, 0.15) is 258 Å². The molecule has 1 unspecified atom stereocenters. The summed E-state index contributed by atoms with van der Waals surface area (Å²) in [5, 5.41) is 0. The second-order valence-corrected chi connectivity index (χ2v) is 19.8. The molecule has 0 aliphatic carbocycles. The molecule has 76 heavy (non-hydrogen) atoms. The molecule has 428 valence electrons. The van der Waals surface area contributed by atoms with Gasteiger partial charge >= 0.3 is 17.9 Å². The Bertz CT molecular complexity index is 1680. The van der Waals surface area contributed by atoms with E-state index in [0.717, 1.165) is 173 Å². The van der Waals surface area contributed by atoms with Crippen LogP contribution in [0, 0.1) is 0 Å². The van der Waals surface area contributed by atoms with Crippen molar-refractivity contribution in [1.29, 1.82) is 0 Å². The summed E-state index contributed by atoms with van der Waals surface area (Å²) in [4.78, 5) is 38.2. The third kappa shape index (κ3) is 60.2. The minimum absolute atomic E-state index is 0.0986. The van der Waals surface area contributed by atoms with Gasteiger partial charge in [0.05, 0.1) is 0 Å². The Balaban J connectivity index is 4.33. The number of hydrogen-bond donors (Lipinski definition) is 0. The average molecular weight is 1050 g/mol. The van der Waals surface area contributed by atoms with E-state index in [1.165, 1.54) is 44.9 Å². The fourth-order valence-electron chi connectivity index (χ4n) is 8.00. The van der Waals surface area contributed by atoms with E-state index in [-0.39, 0.29) is 31.1 Å². The van der Waals surface area contributed by atoms with Crippen LogP contribution in [0.2, 0.25) is 0 Å². The summed E-state index contributed by atoms with van der Waals surface area (Å²) in [6.45, 7) is 6.35. The fourth-order valence-corrected chi connectivity index (χ4v) is 8.00. The van der Waals surface area contributed by atoms with Crippen molar-refractivity contribution in [1.82, 2.24) is 0 Å². The zero-order valence-electron chi connectivity index (χ0n) is 49.0. The molecule has 0 heterocycles. The van der Waals surface area contributed by atoms with Crippen LogP contribution in [0.25, 0.3) is 0 Å². The van der Waals surface area contributed by atoms with Crippen molar-refractivity contribution in [2.75, 3.05) is 13.2 Å². The first-order chi connectivity index (χ1) is 37.5. The maximum absolute atomic E-state index is 12.9. The number of esters is 3. The number of hydrogen-bond acceptors (Lipinski definition) is 6. The topological polar surface area (TPSA) is 78.9 Å². The number of allylic oxidation sites excluding steroid dienone is 24. The second kappa shape index (κ2) is 62.8. The predicted octanol–water partition coefficient (Wildman–Crippen LogP) is 21.2. The Morgan fingerprint density at radius 2 is 0.513 bits per heavy atom. The minimum atomic E-state index is -0.803. The van der Waals surface area contributed by atoms with Crippen LogP contribution in [0.4, 0.5) is 0 Å². The van der Waals surface area contributed by atoms with Crippen LogP contribution in [0.3, 0.4) is 0 Å². The van der Waals surface area contributed by atoms with E-state index < -0.39 is 6.10 Å². The summed E-state index contributed by atoms with van der Waals surface area (Å²) in [5.74, 6) is -0.943. The highest BCUT2D eigenvalue weighted by molar-refractivity contribution is 5.71. The molecule has 6 heteroatoms. The molecular formula is C70H112O6. The van der Waals surface area contributed by atoms with E-state index in [4.69, 9.17) is 14.2 Å². The standard InChI is InChI=1S/C70H112O6/c1-4-7-10-13-16-19-22-25-27-28-29-30-31-32-33-34-35-36-37-38-39-40-41-42-44-45-48-51-54-57-60-63-69(72)75-66-67(65-74-68(71)62-59-56-53-50-47-24-21-18-15-12-9-6-3)76-70(73)64-61-58-55-52-49-46-43-26-23-20-17-14-11-8-5-2/h7-8,10-11,16-21,25-27,29-30,32-33,35-36,38-39,41-43,67H,4-6,9,12-15,22-24,28,31,34,37,40,44-66H2,1-3H3/b10-7-,11-8-,19-16-,20-17-,21-18-,27-25-,30-29-,33-32-,36-35-,39-38-,42-41-,43-26-. The predicted molar refractivity (Wildman–Crippen MR) is 329 cm³/mol. The summed E-state index contributed by atoms with van der Waals surface area (Å²) >= 11 is 0. The molecule has 0 aromatic heterocycles. The van der Waals surface area contributed by atoms with Crippen LogP contribution in [-0.2, 0) is 28.6 Å². The number of rotatable bonds is 54. The molecule has 0 bridgehead atoms. The highest BCUT2D eigenvalue weighted by atomic mass is 16.6. The molecule has 0 radical (unpaired) electrons. The monoisotopic (exact) mass is 1050 g/mol. The number of carbonyl (C=O) groups excluding carboxylic acids is 3. The van der Waals surface area contributed by atoms with E-state index in [2.05, 4.69) is 167 Å². The zero-order chi connectivity index (χ0) is 55.0. The molecule has 1 atom stereocenters. The van der Waals surface area contributed by atoms with Crippen molar-refractivity contribution < 1.29 is 28.6 Å². The van der Waals surface area contributed by atoms with Gasteiger partial charge < -0.3 is 14.2 Å². The molecule has 0 aromatic rings. The van der Waals surface area contributed by atoms with Crippen LogP contribution in [-0.4, -0.2) is 37.2 Å². The summed E-state index contributed by atoms with van der Waals surface area (Å²) < 4.78 is 16.8. The van der Waals surface area contributed by atoms with Gasteiger partial charge in [0, 0.05) is 19.3 Å². The smallest absolute Gasteiger partial charge is 0.306 e. The Labute approximate surface area is 467 Å². The first-order valence-electron chi connectivity index (χ1n) is 30.8. The normalized spacial score (nSPS) is 13.1. The van der Waals surface area contributed by atoms with E-state index in [0.29, 0.717) is 19.3 Å². The van der Waals surface area contributed by atoms with Gasteiger partial charge in [-0.25, -0.2) is 0 Å². The maximum atomic E-state index is 12.9. The number of unbranched alkanes of at least 4 members (excludes halogenated alkanes) is 19. The highest BCUT2D eigenvalue weighted by Crippen LogP contribution is 2.14. The van der Waals surface area contributed by atoms with Gasteiger partial charge in [0.2, 0.25) is 0 Å². The first-order valence-corrected chi connectivity index (χ1v) is 30.8. The van der Waals surface area contributed by atoms with Crippen LogP contribution >= 0.6 is 0 Å². The number of carbonyl (C=O) groups is 3. The molecule has 0 fully saturated rings. The number of ether oxygens (including phenoxy) is 3. The Hall–Kier alpha value is -4.71. The molecule has 0 aliphatic heterocycles. The van der Waals surface area contributed by atoms with Crippen molar-refractivity contribution in [3.05, 3.63) is 146 Å². The SMILES string of the molecule is CC/C=C\C/C=C\C/C=C\C/C=C\C/C=C\C/C=C\C/C=C\C/C=C\CCCCCCCCC(=O)OCC(COC(=O)CCCCCCC/C=C\CCCCC)OC(=O)CCCCCCC/C=C\C/C=C\C/C=C\CC. The fraction of sp³-hybridized carbons (Fsp3) is 0.614. The Kier molecular flexibility index (Phi) is 58.9. The average Bonchev–Trinajstić information content (AvgIpc) is 3.42. The van der Waals surface area contributed by atoms with Crippen LogP contribution < -0.4 is 0 Å². The highest BCUT2D eigenvalue weighted by Gasteiger charge is 2.19. The van der Waals surface area contributed by atoms with Gasteiger partial charge in [0.1, 0.15) is 13.2 Å². The van der Waals surface area contributed by atoms with Crippen molar-refractivity contribution in [3.8, 4) is 0 Å². The van der Waals surface area contributed by atoms with Crippen molar-refractivity contribution in [2.45, 2.75) is 264 Å². The van der Waals surface area contributed by atoms with E-state index in [1.54, 1.807) is 0 Å². The van der Waals surface area contributed by atoms with Crippen LogP contribution in [0.5, 0.6) is 0 Å². The van der Waals surface area contributed by atoms with Crippen molar-refractivity contribution in [3.63, 3.8) is 0 Å². The quantitative estimate of drug-likeness (QED) is 0.0261. The molecule has 0 saturated carbocycles. The largest absolute Gasteiger partial charge is 0.462 e. The minimum Gasteiger partial charge on any atom is -0.462 e. The van der Waals surface area contributed by atoms with E-state index in [1.807, 2.05) is 0 Å². The Morgan fingerprint density at radius 3 is 0.816 bits per heavy atom. The molecule has 0 rings (SSSR count). The molecule has 0 N–H and O–H groups in total. The van der Waals surface area contributed by atoms with Gasteiger partial charge in [0.15, 0.2) is 6.10 Å². The summed E-state index contributed by atoms with van der Waals surface area (Å²) in [7, 11) is 0. The van der Waals surface area contributed by atoms with Gasteiger partial charge in [-0.2, -0.15) is 0 Å². The third-order valence-corrected chi connectivity index (χ3v) is 12.6. The molecule has 0 amide bonds. The van der Waals surface area contributed by atoms with Gasteiger partial charge in [-0.05, 0) is 141 Å². The van der Waals surface area contributed by atoms with Gasteiger partial charge in [-0.15, -0.1) is 0 Å². The second-order valence-electron chi connectivity index (χ2n) is 19.8. The lowest BCUT2D eigenvalue weighted by atomic mass is 10.1. The molecule has 0 saturated heterocycles. The zero-order valence-corrected chi connectivity index (χ0v) is 49.0. The Morgan fingerprint density at radius 1 is 0.276 bits per heavy atom. The lowest BCUT2D eigenvalue weighted by Crippen LogP contribution is -2.30. The molecule has 0 aliphatic rings. The lowest BCUT2D eigenvalue weighted by Gasteiger charge is -2.18. The van der Waals surface area contributed by atoms with Gasteiger partial charge in [0.25, 0.3) is 0 Å². The summed E-state index contributed by atoms with van der Waals surface area (Å²) in [5.41, 5.74) is 0. The lowest BCUT2D eigenvalue weighted by molar-refractivity contribution is -0.167. The summed E-state index contributed by atoms with van der Waals surface area (Å²) in [6.07, 6.45) is 89.9. The van der Waals surface area contributed by atoms with Crippen LogP contribution in [0.15, 0.2) is 146 Å².